The van der Waals surface area contributed by atoms with Crippen LogP contribution in [-0.2, 0) is 4.74 Å². The van der Waals surface area contributed by atoms with E-state index in [0.29, 0.717) is 12.5 Å². The van der Waals surface area contributed by atoms with Gasteiger partial charge in [-0.1, -0.05) is 20.8 Å². The normalized spacial score (nSPS) is 33.2. The van der Waals surface area contributed by atoms with E-state index < -0.39 is 0 Å². The van der Waals surface area contributed by atoms with Gasteiger partial charge in [0.1, 0.15) is 0 Å². The van der Waals surface area contributed by atoms with E-state index in [1.54, 1.807) is 0 Å². The van der Waals surface area contributed by atoms with Gasteiger partial charge in [-0.05, 0) is 13.0 Å². The van der Waals surface area contributed by atoms with Crippen LogP contribution in [0.15, 0.2) is 0 Å². The fraction of sp³-hybridized carbons (Fsp3) is 1.00. The molecule has 1 aliphatic rings. The SMILES string of the molecule is CC(C)CN(C)CC1(C)COCC1N. The molecule has 3 heteroatoms. The first-order valence-electron chi connectivity index (χ1n) is 5.46. The second kappa shape index (κ2) is 4.60. The van der Waals surface area contributed by atoms with Crippen LogP contribution in [0.3, 0.4) is 0 Å². The maximum Gasteiger partial charge on any atom is 0.0624 e. The molecule has 0 saturated carbocycles. The zero-order valence-corrected chi connectivity index (χ0v) is 9.92. The number of rotatable bonds is 4. The molecule has 1 heterocycles. The minimum absolute atomic E-state index is 0.143. The van der Waals surface area contributed by atoms with E-state index in [-0.39, 0.29) is 11.5 Å². The summed E-state index contributed by atoms with van der Waals surface area (Å²) in [6.07, 6.45) is 0. The smallest absolute Gasteiger partial charge is 0.0624 e. The van der Waals surface area contributed by atoms with Gasteiger partial charge >= 0.3 is 0 Å². The second-order valence-corrected chi connectivity index (χ2v) is 5.37. The molecule has 1 rings (SSSR count). The number of nitrogens with zero attached hydrogens (tertiary/aromatic N) is 1. The van der Waals surface area contributed by atoms with Crippen molar-refractivity contribution in [1.29, 1.82) is 0 Å². The van der Waals surface area contributed by atoms with E-state index in [9.17, 15) is 0 Å². The van der Waals surface area contributed by atoms with E-state index in [1.807, 2.05) is 0 Å². The zero-order chi connectivity index (χ0) is 10.8. The van der Waals surface area contributed by atoms with Gasteiger partial charge in [-0.2, -0.15) is 0 Å². The van der Waals surface area contributed by atoms with Crippen LogP contribution in [-0.4, -0.2) is 44.3 Å². The van der Waals surface area contributed by atoms with Gasteiger partial charge in [-0.3, -0.25) is 0 Å². The van der Waals surface area contributed by atoms with Crippen molar-refractivity contribution in [3.05, 3.63) is 0 Å². The summed E-state index contributed by atoms with van der Waals surface area (Å²) >= 11 is 0. The lowest BCUT2D eigenvalue weighted by Crippen LogP contribution is -2.46. The summed E-state index contributed by atoms with van der Waals surface area (Å²) in [5.41, 5.74) is 6.18. The summed E-state index contributed by atoms with van der Waals surface area (Å²) in [7, 11) is 2.16. The third kappa shape index (κ3) is 2.94. The molecule has 14 heavy (non-hydrogen) atoms. The van der Waals surface area contributed by atoms with Crippen LogP contribution in [0.4, 0.5) is 0 Å². The monoisotopic (exact) mass is 200 g/mol. The van der Waals surface area contributed by atoms with Crippen LogP contribution in [0.25, 0.3) is 0 Å². The van der Waals surface area contributed by atoms with E-state index in [4.69, 9.17) is 10.5 Å². The highest BCUT2D eigenvalue weighted by Gasteiger charge is 2.38. The Morgan fingerprint density at radius 1 is 1.57 bits per heavy atom. The molecule has 0 amide bonds. The van der Waals surface area contributed by atoms with Gasteiger partial charge in [0.15, 0.2) is 0 Å². The van der Waals surface area contributed by atoms with E-state index in [1.165, 1.54) is 0 Å². The van der Waals surface area contributed by atoms with Crippen molar-refractivity contribution < 1.29 is 4.74 Å². The molecule has 0 aromatic carbocycles. The van der Waals surface area contributed by atoms with Crippen LogP contribution in [0.5, 0.6) is 0 Å². The van der Waals surface area contributed by atoms with Crippen LogP contribution < -0.4 is 5.73 Å². The summed E-state index contributed by atoms with van der Waals surface area (Å²) in [5, 5.41) is 0. The van der Waals surface area contributed by atoms with Gasteiger partial charge in [-0.15, -0.1) is 0 Å². The number of nitrogens with two attached hydrogens (primary N) is 1. The van der Waals surface area contributed by atoms with Gasteiger partial charge in [-0.25, -0.2) is 0 Å². The fourth-order valence-electron chi connectivity index (χ4n) is 2.19. The molecule has 84 valence electrons. The van der Waals surface area contributed by atoms with E-state index in [0.717, 1.165) is 19.7 Å². The molecule has 1 saturated heterocycles. The maximum absolute atomic E-state index is 6.04. The molecule has 2 atom stereocenters. The summed E-state index contributed by atoms with van der Waals surface area (Å²) < 4.78 is 5.43. The van der Waals surface area contributed by atoms with Crippen LogP contribution in [0.1, 0.15) is 20.8 Å². The molecule has 2 unspecified atom stereocenters. The van der Waals surface area contributed by atoms with Gasteiger partial charge in [0, 0.05) is 24.5 Å². The Morgan fingerprint density at radius 3 is 2.64 bits per heavy atom. The van der Waals surface area contributed by atoms with Crippen molar-refractivity contribution in [2.24, 2.45) is 17.1 Å². The first-order chi connectivity index (χ1) is 6.44. The molecule has 0 aromatic rings. The maximum atomic E-state index is 6.04. The molecule has 1 fully saturated rings. The Balaban J connectivity index is 2.42. The number of hydrogen-bond acceptors (Lipinski definition) is 3. The quantitative estimate of drug-likeness (QED) is 0.734. The molecule has 2 N–H and O–H groups in total. The van der Waals surface area contributed by atoms with Gasteiger partial charge < -0.3 is 15.4 Å². The standard InChI is InChI=1S/C11H24N2O/c1-9(2)5-13(4)7-11(3)8-14-6-10(11)12/h9-10H,5-8,12H2,1-4H3. The Hall–Kier alpha value is -0.120. The van der Waals surface area contributed by atoms with E-state index in [2.05, 4.69) is 32.7 Å². The molecular formula is C11H24N2O. The van der Waals surface area contributed by atoms with Crippen LogP contribution >= 0.6 is 0 Å². The van der Waals surface area contributed by atoms with Gasteiger partial charge in [0.25, 0.3) is 0 Å². The predicted molar refractivity (Wildman–Crippen MR) is 59.2 cm³/mol. The van der Waals surface area contributed by atoms with Crippen LogP contribution in [0.2, 0.25) is 0 Å². The lowest BCUT2D eigenvalue weighted by Gasteiger charge is -2.32. The fourth-order valence-corrected chi connectivity index (χ4v) is 2.19. The Bertz CT molecular complexity index is 184. The molecule has 0 aliphatic carbocycles. The zero-order valence-electron chi connectivity index (χ0n) is 9.92. The molecular weight excluding hydrogens is 176 g/mol. The highest BCUT2D eigenvalue weighted by Crippen LogP contribution is 2.27. The highest BCUT2D eigenvalue weighted by molar-refractivity contribution is 4.91. The third-order valence-electron chi connectivity index (χ3n) is 2.93. The lowest BCUT2D eigenvalue weighted by molar-refractivity contribution is 0.125. The minimum Gasteiger partial charge on any atom is -0.379 e. The average Bonchev–Trinajstić information content (AvgIpc) is 2.29. The Labute approximate surface area is 87.6 Å². The summed E-state index contributed by atoms with van der Waals surface area (Å²) in [6.45, 7) is 10.4. The van der Waals surface area contributed by atoms with E-state index >= 15 is 0 Å². The van der Waals surface area contributed by atoms with Crippen molar-refractivity contribution in [1.82, 2.24) is 4.90 Å². The number of hydrogen-bond donors (Lipinski definition) is 1. The van der Waals surface area contributed by atoms with Crippen molar-refractivity contribution >= 4 is 0 Å². The van der Waals surface area contributed by atoms with Crippen LogP contribution in [0, 0.1) is 11.3 Å². The predicted octanol–water partition coefficient (Wildman–Crippen LogP) is 0.938. The van der Waals surface area contributed by atoms with Gasteiger partial charge in [0.05, 0.1) is 13.2 Å². The largest absolute Gasteiger partial charge is 0.379 e. The Morgan fingerprint density at radius 2 is 2.21 bits per heavy atom. The molecule has 0 radical (unpaired) electrons. The van der Waals surface area contributed by atoms with Crippen molar-refractivity contribution in [3.63, 3.8) is 0 Å². The summed E-state index contributed by atoms with van der Waals surface area (Å²) in [5.74, 6) is 0.710. The van der Waals surface area contributed by atoms with Gasteiger partial charge in [0.2, 0.25) is 0 Å². The Kier molecular flexibility index (Phi) is 3.93. The van der Waals surface area contributed by atoms with Crippen molar-refractivity contribution in [2.45, 2.75) is 26.8 Å². The molecule has 0 spiro atoms. The topological polar surface area (TPSA) is 38.5 Å². The molecule has 3 nitrogen and oxygen atoms in total. The first kappa shape index (κ1) is 12.0. The first-order valence-corrected chi connectivity index (χ1v) is 5.46. The lowest BCUT2D eigenvalue weighted by atomic mass is 9.85. The third-order valence-corrected chi connectivity index (χ3v) is 2.93. The molecule has 0 bridgehead atoms. The summed E-state index contributed by atoms with van der Waals surface area (Å²) in [4.78, 5) is 2.36. The molecule has 1 aliphatic heterocycles. The average molecular weight is 200 g/mol. The highest BCUT2D eigenvalue weighted by atomic mass is 16.5. The second-order valence-electron chi connectivity index (χ2n) is 5.37. The van der Waals surface area contributed by atoms with Crippen molar-refractivity contribution in [3.8, 4) is 0 Å². The number of ether oxygens (including phenoxy) is 1. The molecule has 0 aromatic heterocycles. The summed E-state index contributed by atoms with van der Waals surface area (Å²) in [6, 6.07) is 0.192. The minimum atomic E-state index is 0.143. The van der Waals surface area contributed by atoms with Crippen molar-refractivity contribution in [2.75, 3.05) is 33.4 Å².